The average Bonchev–Trinajstić information content (AvgIpc) is 3.55. The third-order valence-electron chi connectivity index (χ3n) is 5.99. The predicted octanol–water partition coefficient (Wildman–Crippen LogP) is 4.42. The van der Waals surface area contributed by atoms with Crippen molar-refractivity contribution in [2.24, 2.45) is 0 Å². The smallest absolute Gasteiger partial charge is 0.236 e. The molecule has 0 radical (unpaired) electrons. The zero-order valence-corrected chi connectivity index (χ0v) is 19.9. The van der Waals surface area contributed by atoms with Crippen LogP contribution in [-0.4, -0.2) is 57.0 Å². The fraction of sp³-hybridized carbons (Fsp3) is 0.269. The van der Waals surface area contributed by atoms with Crippen molar-refractivity contribution >= 4 is 23.4 Å². The van der Waals surface area contributed by atoms with Gasteiger partial charge in [-0.2, -0.15) is 0 Å². The van der Waals surface area contributed by atoms with Gasteiger partial charge in [-0.3, -0.25) is 9.36 Å². The number of piperazine rings is 1. The molecule has 7 nitrogen and oxygen atoms in total. The van der Waals surface area contributed by atoms with Gasteiger partial charge in [0.1, 0.15) is 5.76 Å². The molecule has 0 aliphatic carbocycles. The van der Waals surface area contributed by atoms with E-state index >= 15 is 0 Å². The lowest BCUT2D eigenvalue weighted by Gasteiger charge is -2.37. The van der Waals surface area contributed by atoms with Crippen molar-refractivity contribution in [3.05, 3.63) is 84.8 Å². The summed E-state index contributed by atoms with van der Waals surface area (Å²) in [5.74, 6) is 1.71. The number of nitrogens with zero attached hydrogens (tertiary/aromatic N) is 5. The number of hydrogen-bond donors (Lipinski definition) is 0. The quantitative estimate of drug-likeness (QED) is 0.370. The van der Waals surface area contributed by atoms with Gasteiger partial charge in [0.25, 0.3) is 0 Å². The van der Waals surface area contributed by atoms with Crippen molar-refractivity contribution in [1.82, 2.24) is 19.7 Å². The van der Waals surface area contributed by atoms with Crippen molar-refractivity contribution in [2.45, 2.75) is 23.9 Å². The van der Waals surface area contributed by atoms with Gasteiger partial charge in [0.2, 0.25) is 5.91 Å². The Kier molecular flexibility index (Phi) is 6.67. The standard InChI is InChI=1S/C26H27N5O2S/c1-20(25(32)30-16-14-29(15-17-30)22-11-6-3-7-12-22)34-26-28-27-24(21-9-4-2-5-10-21)31(26)19-23-13-8-18-33-23/h2-13,18,20H,14-17,19H2,1H3/t20-/m0/s1. The molecule has 0 saturated carbocycles. The summed E-state index contributed by atoms with van der Waals surface area (Å²) in [6, 6.07) is 24.1. The lowest BCUT2D eigenvalue weighted by Crippen LogP contribution is -2.50. The molecule has 0 bridgehead atoms. The number of hydrogen-bond acceptors (Lipinski definition) is 6. The maximum Gasteiger partial charge on any atom is 0.236 e. The molecule has 2 aromatic heterocycles. The Hall–Kier alpha value is -3.52. The van der Waals surface area contributed by atoms with Crippen LogP contribution in [-0.2, 0) is 11.3 Å². The molecular weight excluding hydrogens is 446 g/mol. The molecule has 0 spiro atoms. The molecule has 1 amide bonds. The molecule has 0 unspecified atom stereocenters. The molecule has 2 aromatic carbocycles. The van der Waals surface area contributed by atoms with Crippen LogP contribution in [0.15, 0.2) is 88.6 Å². The highest BCUT2D eigenvalue weighted by Crippen LogP contribution is 2.29. The monoisotopic (exact) mass is 473 g/mol. The number of rotatable bonds is 7. The Morgan fingerprint density at radius 2 is 1.65 bits per heavy atom. The molecule has 1 atom stereocenters. The molecule has 174 valence electrons. The number of thioether (sulfide) groups is 1. The summed E-state index contributed by atoms with van der Waals surface area (Å²) in [6.45, 7) is 5.55. The summed E-state index contributed by atoms with van der Waals surface area (Å²) in [7, 11) is 0. The SMILES string of the molecule is C[C@H](Sc1nnc(-c2ccccc2)n1Cc1ccco1)C(=O)N1CCN(c2ccccc2)CC1. The van der Waals surface area contributed by atoms with E-state index in [-0.39, 0.29) is 11.2 Å². The first-order valence-corrected chi connectivity index (χ1v) is 12.3. The summed E-state index contributed by atoms with van der Waals surface area (Å²) in [6.07, 6.45) is 1.66. The third-order valence-corrected chi connectivity index (χ3v) is 7.05. The van der Waals surface area contributed by atoms with Gasteiger partial charge in [0, 0.05) is 37.4 Å². The normalized spacial score (nSPS) is 14.9. The van der Waals surface area contributed by atoms with Crippen LogP contribution in [0.3, 0.4) is 0 Å². The number of amides is 1. The zero-order chi connectivity index (χ0) is 23.3. The minimum Gasteiger partial charge on any atom is -0.467 e. The van der Waals surface area contributed by atoms with Gasteiger partial charge in [0.15, 0.2) is 11.0 Å². The van der Waals surface area contributed by atoms with Gasteiger partial charge in [-0.1, -0.05) is 60.3 Å². The Bertz CT molecular complexity index is 1200. The second kappa shape index (κ2) is 10.2. The molecule has 34 heavy (non-hydrogen) atoms. The van der Waals surface area contributed by atoms with Gasteiger partial charge in [0.05, 0.1) is 18.1 Å². The van der Waals surface area contributed by atoms with E-state index in [2.05, 4.69) is 27.2 Å². The predicted molar refractivity (Wildman–Crippen MR) is 134 cm³/mol. The van der Waals surface area contributed by atoms with Crippen molar-refractivity contribution in [2.75, 3.05) is 31.1 Å². The Balaban J connectivity index is 1.29. The van der Waals surface area contributed by atoms with Crippen LogP contribution in [0.25, 0.3) is 11.4 Å². The van der Waals surface area contributed by atoms with E-state index in [1.807, 2.05) is 77.1 Å². The molecule has 1 aliphatic heterocycles. The van der Waals surface area contributed by atoms with Crippen molar-refractivity contribution in [3.63, 3.8) is 0 Å². The summed E-state index contributed by atoms with van der Waals surface area (Å²) in [4.78, 5) is 17.5. The maximum absolute atomic E-state index is 13.3. The lowest BCUT2D eigenvalue weighted by molar-refractivity contribution is -0.130. The van der Waals surface area contributed by atoms with Crippen LogP contribution >= 0.6 is 11.8 Å². The fourth-order valence-electron chi connectivity index (χ4n) is 4.17. The van der Waals surface area contributed by atoms with E-state index in [0.29, 0.717) is 24.8 Å². The molecule has 4 aromatic rings. The summed E-state index contributed by atoms with van der Waals surface area (Å²) >= 11 is 1.45. The molecule has 1 fully saturated rings. The highest BCUT2D eigenvalue weighted by atomic mass is 32.2. The summed E-state index contributed by atoms with van der Waals surface area (Å²) in [5, 5.41) is 9.34. The number of benzene rings is 2. The van der Waals surface area contributed by atoms with Crippen LogP contribution in [0.1, 0.15) is 12.7 Å². The van der Waals surface area contributed by atoms with Gasteiger partial charge in [-0.05, 0) is 31.2 Å². The van der Waals surface area contributed by atoms with Crippen LogP contribution < -0.4 is 4.90 Å². The van der Waals surface area contributed by atoms with E-state index in [0.717, 1.165) is 30.2 Å². The number of carbonyl (C=O) groups excluding carboxylic acids is 1. The van der Waals surface area contributed by atoms with Gasteiger partial charge < -0.3 is 14.2 Å². The van der Waals surface area contributed by atoms with E-state index in [1.54, 1.807) is 6.26 Å². The molecule has 0 N–H and O–H groups in total. The maximum atomic E-state index is 13.3. The zero-order valence-electron chi connectivity index (χ0n) is 19.1. The van der Waals surface area contributed by atoms with E-state index in [1.165, 1.54) is 17.4 Å². The number of para-hydroxylation sites is 1. The van der Waals surface area contributed by atoms with E-state index in [9.17, 15) is 4.79 Å². The number of furan rings is 1. The highest BCUT2D eigenvalue weighted by molar-refractivity contribution is 8.00. The van der Waals surface area contributed by atoms with Crippen molar-refractivity contribution in [3.8, 4) is 11.4 Å². The molecule has 1 saturated heterocycles. The van der Waals surface area contributed by atoms with Gasteiger partial charge >= 0.3 is 0 Å². The number of aromatic nitrogens is 3. The first kappa shape index (κ1) is 22.3. The van der Waals surface area contributed by atoms with Crippen LogP contribution in [0.2, 0.25) is 0 Å². The second-order valence-electron chi connectivity index (χ2n) is 8.25. The molecule has 3 heterocycles. The fourth-order valence-corrected chi connectivity index (χ4v) is 5.10. The molecule has 5 rings (SSSR count). The Morgan fingerprint density at radius 1 is 0.941 bits per heavy atom. The van der Waals surface area contributed by atoms with Crippen LogP contribution in [0.5, 0.6) is 0 Å². The van der Waals surface area contributed by atoms with E-state index < -0.39 is 0 Å². The molecular formula is C26H27N5O2S. The lowest BCUT2D eigenvalue weighted by atomic mass is 10.2. The van der Waals surface area contributed by atoms with Crippen LogP contribution in [0.4, 0.5) is 5.69 Å². The average molecular weight is 474 g/mol. The topological polar surface area (TPSA) is 67.4 Å². The summed E-state index contributed by atoms with van der Waals surface area (Å²) in [5.41, 5.74) is 2.18. The van der Waals surface area contributed by atoms with Crippen molar-refractivity contribution in [1.29, 1.82) is 0 Å². The van der Waals surface area contributed by atoms with Gasteiger partial charge in [-0.15, -0.1) is 10.2 Å². The number of anilines is 1. The molecule has 8 heteroatoms. The summed E-state index contributed by atoms with van der Waals surface area (Å²) < 4.78 is 7.61. The van der Waals surface area contributed by atoms with Crippen LogP contribution in [0, 0.1) is 0 Å². The van der Waals surface area contributed by atoms with E-state index in [4.69, 9.17) is 4.42 Å². The third kappa shape index (κ3) is 4.87. The largest absolute Gasteiger partial charge is 0.467 e. The first-order valence-electron chi connectivity index (χ1n) is 11.5. The minimum atomic E-state index is -0.272. The first-order chi connectivity index (χ1) is 16.7. The Morgan fingerprint density at radius 3 is 2.32 bits per heavy atom. The Labute approximate surface area is 203 Å². The second-order valence-corrected chi connectivity index (χ2v) is 9.55. The molecule has 1 aliphatic rings. The number of carbonyl (C=O) groups is 1. The minimum absolute atomic E-state index is 0.131. The highest BCUT2D eigenvalue weighted by Gasteiger charge is 2.27. The van der Waals surface area contributed by atoms with Crippen molar-refractivity contribution < 1.29 is 9.21 Å². The van der Waals surface area contributed by atoms with Gasteiger partial charge in [-0.25, -0.2) is 0 Å².